The molecule has 22 heavy (non-hydrogen) atoms. The first-order valence-corrected chi connectivity index (χ1v) is 8.26. The predicted molar refractivity (Wildman–Crippen MR) is 77.5 cm³/mol. The normalized spacial score (nSPS) is 17.9. The van der Waals surface area contributed by atoms with Crippen LogP contribution in [0.25, 0.3) is 0 Å². The van der Waals surface area contributed by atoms with Gasteiger partial charge in [-0.2, -0.15) is 5.10 Å². The number of ether oxygens (including phenoxy) is 1. The predicted octanol–water partition coefficient (Wildman–Crippen LogP) is -1.79. The van der Waals surface area contributed by atoms with Crippen LogP contribution in [-0.4, -0.2) is 71.1 Å². The van der Waals surface area contributed by atoms with Gasteiger partial charge >= 0.3 is 0 Å². The molecule has 0 aliphatic carbocycles. The highest BCUT2D eigenvalue weighted by molar-refractivity contribution is 7.89. The van der Waals surface area contributed by atoms with Gasteiger partial charge in [-0.25, -0.2) is 13.1 Å². The smallest absolute Gasteiger partial charge is 0.243 e. The molecule has 0 radical (unpaired) electrons. The maximum atomic E-state index is 12.0. The van der Waals surface area contributed by atoms with E-state index in [0.717, 1.165) is 0 Å². The maximum Gasteiger partial charge on any atom is 0.243 e. The summed E-state index contributed by atoms with van der Waals surface area (Å²) in [6.07, 6.45) is -1.27. The van der Waals surface area contributed by atoms with E-state index in [0.29, 0.717) is 0 Å². The van der Waals surface area contributed by atoms with Crippen molar-refractivity contribution in [3.05, 3.63) is 12.4 Å². The SMILES string of the molecule is CC(O[C@@H](C)CNS(=O)(=O)c1cnn(C)c1)C(O)[C@H](O)CO. The van der Waals surface area contributed by atoms with Gasteiger partial charge in [0.05, 0.1) is 25.0 Å². The maximum absolute atomic E-state index is 12.0. The second kappa shape index (κ2) is 7.99. The Bertz CT molecular complexity index is 561. The molecule has 0 spiro atoms. The van der Waals surface area contributed by atoms with Crippen molar-refractivity contribution in [1.29, 1.82) is 0 Å². The van der Waals surface area contributed by atoms with Gasteiger partial charge < -0.3 is 20.1 Å². The van der Waals surface area contributed by atoms with E-state index >= 15 is 0 Å². The number of aliphatic hydroxyl groups is 3. The Balaban J connectivity index is 2.50. The van der Waals surface area contributed by atoms with Crippen LogP contribution >= 0.6 is 0 Å². The third-order valence-corrected chi connectivity index (χ3v) is 4.44. The van der Waals surface area contributed by atoms with Crippen molar-refractivity contribution < 1.29 is 28.5 Å². The number of nitrogens with zero attached hydrogens (tertiary/aromatic N) is 2. The van der Waals surface area contributed by atoms with Crippen LogP contribution in [0.4, 0.5) is 0 Å². The summed E-state index contributed by atoms with van der Waals surface area (Å²) in [7, 11) is -2.07. The van der Waals surface area contributed by atoms with Gasteiger partial charge in [0, 0.05) is 19.8 Å². The van der Waals surface area contributed by atoms with E-state index in [1.54, 1.807) is 14.0 Å². The van der Waals surface area contributed by atoms with E-state index in [2.05, 4.69) is 9.82 Å². The molecule has 2 unspecified atom stereocenters. The van der Waals surface area contributed by atoms with Crippen LogP contribution < -0.4 is 4.72 Å². The van der Waals surface area contributed by atoms with Crippen LogP contribution in [0.2, 0.25) is 0 Å². The molecule has 1 aromatic rings. The third-order valence-electron chi connectivity index (χ3n) is 3.06. The number of rotatable bonds is 9. The fourth-order valence-corrected chi connectivity index (χ4v) is 2.86. The largest absolute Gasteiger partial charge is 0.394 e. The second-order valence-electron chi connectivity index (χ2n) is 5.09. The minimum atomic E-state index is -3.68. The molecule has 1 heterocycles. The standard InChI is InChI=1S/C12H23N3O6S/c1-8(21-9(2)12(18)11(17)7-16)4-14-22(19,20)10-5-13-15(3)6-10/h5-6,8-9,11-12,14,16-18H,4,7H2,1-3H3/t8-,9?,11+,12?/m0/s1. The van der Waals surface area contributed by atoms with Crippen molar-refractivity contribution in [2.75, 3.05) is 13.2 Å². The van der Waals surface area contributed by atoms with Crippen LogP contribution in [0.15, 0.2) is 17.3 Å². The lowest BCUT2D eigenvalue weighted by Crippen LogP contribution is -2.42. The Morgan fingerprint density at radius 2 is 2.05 bits per heavy atom. The van der Waals surface area contributed by atoms with Gasteiger partial charge in [0.25, 0.3) is 0 Å². The summed E-state index contributed by atoms with van der Waals surface area (Å²) in [5, 5.41) is 31.5. The molecule has 4 N–H and O–H groups in total. The average molecular weight is 337 g/mol. The minimum Gasteiger partial charge on any atom is -0.394 e. The summed E-state index contributed by atoms with van der Waals surface area (Å²) in [5.41, 5.74) is 0. The fourth-order valence-electron chi connectivity index (χ4n) is 1.76. The summed E-state index contributed by atoms with van der Waals surface area (Å²) >= 11 is 0. The van der Waals surface area contributed by atoms with Crippen molar-refractivity contribution in [1.82, 2.24) is 14.5 Å². The molecule has 0 aromatic carbocycles. The molecule has 10 heteroatoms. The second-order valence-corrected chi connectivity index (χ2v) is 6.86. The molecule has 1 aromatic heterocycles. The number of aryl methyl sites for hydroxylation is 1. The Kier molecular flexibility index (Phi) is 6.91. The van der Waals surface area contributed by atoms with Gasteiger partial charge in [0.15, 0.2) is 0 Å². The quantitative estimate of drug-likeness (QED) is 0.418. The van der Waals surface area contributed by atoms with Gasteiger partial charge in [-0.15, -0.1) is 0 Å². The monoisotopic (exact) mass is 337 g/mol. The van der Waals surface area contributed by atoms with E-state index in [9.17, 15) is 18.6 Å². The highest BCUT2D eigenvalue weighted by Gasteiger charge is 2.25. The Morgan fingerprint density at radius 1 is 1.41 bits per heavy atom. The summed E-state index contributed by atoms with van der Waals surface area (Å²) in [4.78, 5) is 0.0472. The van der Waals surface area contributed by atoms with Crippen molar-refractivity contribution in [2.45, 2.75) is 43.2 Å². The number of aromatic nitrogens is 2. The first-order valence-electron chi connectivity index (χ1n) is 6.78. The Hall–Kier alpha value is -1.04. The number of sulfonamides is 1. The zero-order chi connectivity index (χ0) is 16.9. The summed E-state index contributed by atoms with van der Waals surface area (Å²) in [6, 6.07) is 0. The number of hydrogen-bond acceptors (Lipinski definition) is 7. The molecule has 0 aliphatic rings. The van der Waals surface area contributed by atoms with Gasteiger partial charge in [-0.1, -0.05) is 0 Å². The third kappa shape index (κ3) is 5.30. The highest BCUT2D eigenvalue weighted by atomic mass is 32.2. The topological polar surface area (TPSA) is 134 Å². The molecule has 0 aliphatic heterocycles. The van der Waals surface area contributed by atoms with Crippen molar-refractivity contribution >= 4 is 10.0 Å². The van der Waals surface area contributed by atoms with Crippen LogP contribution in [0.1, 0.15) is 13.8 Å². The highest BCUT2D eigenvalue weighted by Crippen LogP contribution is 2.09. The molecule has 0 fully saturated rings. The molecular weight excluding hydrogens is 314 g/mol. The summed E-state index contributed by atoms with van der Waals surface area (Å²) in [6.45, 7) is 2.55. The van der Waals surface area contributed by atoms with E-state index in [1.165, 1.54) is 24.0 Å². The van der Waals surface area contributed by atoms with Crippen LogP contribution in [0.5, 0.6) is 0 Å². The van der Waals surface area contributed by atoms with E-state index in [-0.39, 0.29) is 11.4 Å². The number of nitrogens with one attached hydrogen (secondary N) is 1. The molecule has 9 nitrogen and oxygen atoms in total. The van der Waals surface area contributed by atoms with Crippen molar-refractivity contribution in [3.8, 4) is 0 Å². The number of aliphatic hydroxyl groups excluding tert-OH is 3. The molecule has 0 saturated heterocycles. The van der Waals surface area contributed by atoms with Gasteiger partial charge in [-0.05, 0) is 13.8 Å². The Morgan fingerprint density at radius 3 is 2.55 bits per heavy atom. The molecule has 0 saturated carbocycles. The van der Waals surface area contributed by atoms with Gasteiger partial charge in [-0.3, -0.25) is 4.68 Å². The molecule has 1 rings (SSSR count). The lowest BCUT2D eigenvalue weighted by molar-refractivity contribution is -0.111. The van der Waals surface area contributed by atoms with Crippen molar-refractivity contribution in [2.24, 2.45) is 7.05 Å². The zero-order valence-corrected chi connectivity index (χ0v) is 13.6. The molecular formula is C12H23N3O6S. The fraction of sp³-hybridized carbons (Fsp3) is 0.750. The first-order chi connectivity index (χ1) is 10.2. The molecule has 128 valence electrons. The minimum absolute atomic E-state index is 0.0104. The van der Waals surface area contributed by atoms with Crippen LogP contribution in [-0.2, 0) is 21.8 Å². The van der Waals surface area contributed by atoms with Crippen molar-refractivity contribution in [3.63, 3.8) is 0 Å². The Labute approximate surface area is 129 Å². The lowest BCUT2D eigenvalue weighted by Gasteiger charge is -2.26. The zero-order valence-electron chi connectivity index (χ0n) is 12.7. The molecule has 4 atom stereocenters. The summed E-state index contributed by atoms with van der Waals surface area (Å²) < 4.78 is 33.1. The molecule has 0 amide bonds. The van der Waals surface area contributed by atoms with E-state index in [4.69, 9.17) is 9.84 Å². The number of hydrogen-bond donors (Lipinski definition) is 4. The van der Waals surface area contributed by atoms with Crippen LogP contribution in [0.3, 0.4) is 0 Å². The van der Waals surface area contributed by atoms with Crippen LogP contribution in [0, 0.1) is 0 Å². The average Bonchev–Trinajstić information content (AvgIpc) is 2.91. The van der Waals surface area contributed by atoms with E-state index < -0.39 is 41.0 Å². The first kappa shape index (κ1) is 19.0. The lowest BCUT2D eigenvalue weighted by atomic mass is 10.1. The van der Waals surface area contributed by atoms with E-state index in [1.807, 2.05) is 0 Å². The summed E-state index contributed by atoms with van der Waals surface area (Å²) in [5.74, 6) is 0. The molecule has 0 bridgehead atoms. The van der Waals surface area contributed by atoms with Gasteiger partial charge in [0.2, 0.25) is 10.0 Å². The van der Waals surface area contributed by atoms with Gasteiger partial charge in [0.1, 0.15) is 17.1 Å².